The average molecular weight is 374 g/mol. The van der Waals surface area contributed by atoms with E-state index in [2.05, 4.69) is 25.6 Å². The van der Waals surface area contributed by atoms with Crippen LogP contribution < -0.4 is 10.6 Å². The van der Waals surface area contributed by atoms with E-state index >= 15 is 0 Å². The lowest BCUT2D eigenvalue weighted by Crippen LogP contribution is -2.24. The van der Waals surface area contributed by atoms with Gasteiger partial charge in [-0.15, -0.1) is 0 Å². The second-order valence-corrected chi connectivity index (χ2v) is 5.89. The van der Waals surface area contributed by atoms with Gasteiger partial charge in [0.15, 0.2) is 0 Å². The minimum Gasteiger partial charge on any atom is -0.347 e. The van der Waals surface area contributed by atoms with Crippen LogP contribution in [-0.2, 0) is 6.54 Å². The molecule has 0 bridgehead atoms. The van der Waals surface area contributed by atoms with Crippen molar-refractivity contribution in [3.63, 3.8) is 0 Å². The van der Waals surface area contributed by atoms with Gasteiger partial charge in [0.1, 0.15) is 11.5 Å². The number of carbonyl (C=O) groups is 1. The minimum absolute atomic E-state index is 0.230. The third-order valence-corrected chi connectivity index (χ3v) is 4.02. The molecule has 2 aromatic heterocycles. The van der Waals surface area contributed by atoms with Gasteiger partial charge in [-0.25, -0.2) is 9.97 Å². The standard InChI is InChI=1S/C17H13Cl2N5O/c18-13-2-1-12(7-14(13)19)24-16-10-21-15(9-22-16)17(25)23-8-11-3-5-20-6-4-11/h1-7,9-10H,8H2,(H,22,24)(H,23,25). The molecule has 1 aromatic carbocycles. The largest absolute Gasteiger partial charge is 0.347 e. The highest BCUT2D eigenvalue weighted by Crippen LogP contribution is 2.26. The van der Waals surface area contributed by atoms with Crippen LogP contribution in [0, 0.1) is 0 Å². The summed E-state index contributed by atoms with van der Waals surface area (Å²) >= 11 is 11.8. The van der Waals surface area contributed by atoms with Gasteiger partial charge >= 0.3 is 0 Å². The van der Waals surface area contributed by atoms with Crippen LogP contribution in [0.25, 0.3) is 0 Å². The number of aromatic nitrogens is 3. The van der Waals surface area contributed by atoms with Gasteiger partial charge in [-0.05, 0) is 35.9 Å². The lowest BCUT2D eigenvalue weighted by atomic mass is 10.2. The fourth-order valence-corrected chi connectivity index (χ4v) is 2.30. The van der Waals surface area contributed by atoms with E-state index in [9.17, 15) is 4.79 Å². The SMILES string of the molecule is O=C(NCc1ccncc1)c1cnc(Nc2ccc(Cl)c(Cl)c2)cn1. The highest BCUT2D eigenvalue weighted by molar-refractivity contribution is 6.42. The third kappa shape index (κ3) is 4.65. The Morgan fingerprint density at radius 2 is 1.80 bits per heavy atom. The van der Waals surface area contributed by atoms with Crippen LogP contribution in [0.5, 0.6) is 0 Å². The Bertz CT molecular complexity index is 872. The first-order valence-electron chi connectivity index (χ1n) is 7.33. The molecular weight excluding hydrogens is 361 g/mol. The zero-order valence-corrected chi connectivity index (χ0v) is 14.4. The maximum Gasteiger partial charge on any atom is 0.271 e. The summed E-state index contributed by atoms with van der Waals surface area (Å²) in [6.07, 6.45) is 6.22. The van der Waals surface area contributed by atoms with Crippen LogP contribution in [0.4, 0.5) is 11.5 Å². The van der Waals surface area contributed by atoms with Crippen LogP contribution >= 0.6 is 23.2 Å². The Balaban J connectivity index is 1.61. The molecule has 0 aliphatic heterocycles. The second kappa shape index (κ2) is 7.92. The Kier molecular flexibility index (Phi) is 5.42. The van der Waals surface area contributed by atoms with Gasteiger partial charge in [0.05, 0.1) is 22.4 Å². The van der Waals surface area contributed by atoms with Crippen molar-refractivity contribution in [2.24, 2.45) is 0 Å². The number of hydrogen-bond donors (Lipinski definition) is 2. The first kappa shape index (κ1) is 17.1. The van der Waals surface area contributed by atoms with Crippen molar-refractivity contribution in [1.29, 1.82) is 0 Å². The monoisotopic (exact) mass is 373 g/mol. The van der Waals surface area contributed by atoms with Crippen molar-refractivity contribution in [1.82, 2.24) is 20.3 Å². The van der Waals surface area contributed by atoms with Gasteiger partial charge < -0.3 is 10.6 Å². The van der Waals surface area contributed by atoms with Crippen LogP contribution in [0.1, 0.15) is 16.1 Å². The molecule has 8 heteroatoms. The number of hydrogen-bond acceptors (Lipinski definition) is 5. The summed E-state index contributed by atoms with van der Waals surface area (Å²) in [4.78, 5) is 24.3. The number of rotatable bonds is 5. The van der Waals surface area contributed by atoms with Gasteiger partial charge in [-0.1, -0.05) is 23.2 Å². The summed E-state index contributed by atoms with van der Waals surface area (Å²) < 4.78 is 0. The Labute approximate surface area is 154 Å². The second-order valence-electron chi connectivity index (χ2n) is 5.08. The number of anilines is 2. The van der Waals surface area contributed by atoms with E-state index in [1.807, 2.05) is 12.1 Å². The zero-order chi connectivity index (χ0) is 17.6. The average Bonchev–Trinajstić information content (AvgIpc) is 2.64. The summed E-state index contributed by atoms with van der Waals surface area (Å²) in [5.41, 5.74) is 1.90. The van der Waals surface area contributed by atoms with E-state index in [1.54, 1.807) is 30.6 Å². The molecule has 0 aliphatic carbocycles. The Morgan fingerprint density at radius 3 is 2.48 bits per heavy atom. The molecule has 2 N–H and O–H groups in total. The summed E-state index contributed by atoms with van der Waals surface area (Å²) in [6, 6.07) is 8.79. The minimum atomic E-state index is -0.301. The highest BCUT2D eigenvalue weighted by Gasteiger charge is 2.08. The van der Waals surface area contributed by atoms with Gasteiger partial charge in [0.2, 0.25) is 0 Å². The van der Waals surface area contributed by atoms with Crippen LogP contribution in [0.15, 0.2) is 55.1 Å². The smallest absolute Gasteiger partial charge is 0.271 e. The molecule has 0 radical (unpaired) electrons. The van der Waals surface area contributed by atoms with E-state index in [0.29, 0.717) is 22.4 Å². The molecule has 6 nitrogen and oxygen atoms in total. The zero-order valence-electron chi connectivity index (χ0n) is 12.9. The molecule has 126 valence electrons. The van der Waals surface area contributed by atoms with Gasteiger partial charge in [0.25, 0.3) is 5.91 Å². The summed E-state index contributed by atoms with van der Waals surface area (Å²) in [5, 5.41) is 6.73. The lowest BCUT2D eigenvalue weighted by molar-refractivity contribution is 0.0945. The molecule has 0 unspecified atom stereocenters. The molecule has 1 amide bonds. The fourth-order valence-electron chi connectivity index (χ4n) is 2.01. The van der Waals surface area contributed by atoms with E-state index in [-0.39, 0.29) is 11.6 Å². The molecule has 0 atom stereocenters. The Morgan fingerprint density at radius 1 is 1.00 bits per heavy atom. The molecule has 25 heavy (non-hydrogen) atoms. The summed E-state index contributed by atoms with van der Waals surface area (Å²) in [7, 11) is 0. The van der Waals surface area contributed by atoms with Crippen LogP contribution in [0.3, 0.4) is 0 Å². The van der Waals surface area contributed by atoms with Crippen molar-refractivity contribution in [2.75, 3.05) is 5.32 Å². The molecule has 2 heterocycles. The number of amides is 1. The number of pyridine rings is 1. The van der Waals surface area contributed by atoms with E-state index in [4.69, 9.17) is 23.2 Å². The van der Waals surface area contributed by atoms with Crippen molar-refractivity contribution in [3.8, 4) is 0 Å². The van der Waals surface area contributed by atoms with E-state index in [0.717, 1.165) is 11.3 Å². The molecule has 0 fully saturated rings. The number of nitrogens with zero attached hydrogens (tertiary/aromatic N) is 3. The number of benzene rings is 1. The maximum absolute atomic E-state index is 12.1. The normalized spacial score (nSPS) is 10.3. The number of carbonyl (C=O) groups excluding carboxylic acids is 1. The topological polar surface area (TPSA) is 79.8 Å². The van der Waals surface area contributed by atoms with Crippen molar-refractivity contribution < 1.29 is 4.79 Å². The molecular formula is C17H13Cl2N5O. The third-order valence-electron chi connectivity index (χ3n) is 3.28. The van der Waals surface area contributed by atoms with Crippen LogP contribution in [-0.4, -0.2) is 20.9 Å². The molecule has 0 spiro atoms. The van der Waals surface area contributed by atoms with Gasteiger partial charge in [-0.3, -0.25) is 9.78 Å². The highest BCUT2D eigenvalue weighted by atomic mass is 35.5. The van der Waals surface area contributed by atoms with E-state index < -0.39 is 0 Å². The van der Waals surface area contributed by atoms with Crippen molar-refractivity contribution in [2.45, 2.75) is 6.54 Å². The van der Waals surface area contributed by atoms with Gasteiger partial charge in [-0.2, -0.15) is 0 Å². The number of halogens is 2. The molecule has 3 aromatic rings. The summed E-state index contributed by atoms with van der Waals surface area (Å²) in [6.45, 7) is 0.395. The van der Waals surface area contributed by atoms with Crippen molar-refractivity contribution in [3.05, 3.63) is 76.4 Å². The first-order chi connectivity index (χ1) is 12.1. The predicted molar refractivity (Wildman–Crippen MR) is 97.2 cm³/mol. The lowest BCUT2D eigenvalue weighted by Gasteiger charge is -2.07. The van der Waals surface area contributed by atoms with Gasteiger partial charge in [0, 0.05) is 24.6 Å². The fraction of sp³-hybridized carbons (Fsp3) is 0.0588. The Hall–Kier alpha value is -2.70. The molecule has 0 saturated heterocycles. The molecule has 0 aliphatic rings. The predicted octanol–water partition coefficient (Wildman–Crippen LogP) is 3.85. The molecule has 0 saturated carbocycles. The van der Waals surface area contributed by atoms with E-state index in [1.165, 1.54) is 12.4 Å². The number of nitrogens with one attached hydrogen (secondary N) is 2. The molecule has 3 rings (SSSR count). The first-order valence-corrected chi connectivity index (χ1v) is 8.08. The van der Waals surface area contributed by atoms with Crippen LogP contribution in [0.2, 0.25) is 10.0 Å². The summed E-state index contributed by atoms with van der Waals surface area (Å²) in [5.74, 6) is 0.189. The van der Waals surface area contributed by atoms with Crippen molar-refractivity contribution >= 4 is 40.6 Å². The quantitative estimate of drug-likeness (QED) is 0.709. The maximum atomic E-state index is 12.1.